The van der Waals surface area contributed by atoms with Gasteiger partial charge in [-0.15, -0.1) is 11.3 Å². The predicted molar refractivity (Wildman–Crippen MR) is 112 cm³/mol. The molecule has 0 spiro atoms. The summed E-state index contributed by atoms with van der Waals surface area (Å²) < 4.78 is 5.08. The highest BCUT2D eigenvalue weighted by atomic mass is 35.5. The van der Waals surface area contributed by atoms with Crippen molar-refractivity contribution in [3.05, 3.63) is 44.8 Å². The molecule has 1 aromatic heterocycles. The Morgan fingerprint density at radius 1 is 1.48 bits per heavy atom. The molecule has 27 heavy (non-hydrogen) atoms. The van der Waals surface area contributed by atoms with Crippen LogP contribution >= 0.6 is 35.2 Å². The second-order valence-electron chi connectivity index (χ2n) is 6.43. The van der Waals surface area contributed by atoms with Crippen molar-refractivity contribution < 1.29 is 9.53 Å². The summed E-state index contributed by atoms with van der Waals surface area (Å²) in [6.07, 6.45) is 2.96. The van der Waals surface area contributed by atoms with Crippen molar-refractivity contribution in [2.45, 2.75) is 26.2 Å². The highest BCUT2D eigenvalue weighted by molar-refractivity contribution is 7.80. The van der Waals surface area contributed by atoms with E-state index in [2.05, 4.69) is 23.6 Å². The molecule has 1 aliphatic carbocycles. The Hall–Kier alpha value is -2.14. The van der Waals surface area contributed by atoms with Crippen LogP contribution in [0.3, 0.4) is 0 Å². The minimum atomic E-state index is -0.384. The number of benzene rings is 1. The van der Waals surface area contributed by atoms with Crippen LogP contribution in [0.4, 0.5) is 5.00 Å². The molecule has 0 saturated carbocycles. The molecule has 2 aromatic rings. The van der Waals surface area contributed by atoms with Crippen molar-refractivity contribution in [3.8, 4) is 11.8 Å². The highest BCUT2D eigenvalue weighted by Crippen LogP contribution is 2.39. The van der Waals surface area contributed by atoms with Crippen LogP contribution in [0.25, 0.3) is 0 Å². The van der Waals surface area contributed by atoms with E-state index in [4.69, 9.17) is 28.6 Å². The Morgan fingerprint density at radius 2 is 2.26 bits per heavy atom. The smallest absolute Gasteiger partial charge is 0.257 e. The van der Waals surface area contributed by atoms with Gasteiger partial charge in [-0.2, -0.15) is 5.26 Å². The first-order chi connectivity index (χ1) is 12.9. The average Bonchev–Trinajstić information content (AvgIpc) is 2.97. The van der Waals surface area contributed by atoms with E-state index < -0.39 is 0 Å². The van der Waals surface area contributed by atoms with Gasteiger partial charge in [0.25, 0.3) is 5.91 Å². The van der Waals surface area contributed by atoms with Crippen molar-refractivity contribution in [2.24, 2.45) is 5.92 Å². The molecule has 1 atom stereocenters. The first kappa shape index (κ1) is 19.6. The molecular weight excluding hydrogens is 402 g/mol. The Bertz CT molecular complexity index is 949. The molecule has 2 N–H and O–H groups in total. The van der Waals surface area contributed by atoms with Gasteiger partial charge in [0.1, 0.15) is 16.8 Å². The van der Waals surface area contributed by atoms with Gasteiger partial charge in [0.05, 0.1) is 17.7 Å². The number of hydrogen-bond acceptors (Lipinski definition) is 5. The molecular formula is C19H18ClN3O2S2. The minimum Gasteiger partial charge on any atom is -0.495 e. The number of rotatable bonds is 3. The van der Waals surface area contributed by atoms with Crippen LogP contribution in [-0.2, 0) is 12.8 Å². The van der Waals surface area contributed by atoms with Crippen LogP contribution < -0.4 is 15.4 Å². The normalized spacial score (nSPS) is 15.4. The molecule has 1 unspecified atom stereocenters. The number of nitrogens with one attached hydrogen (secondary N) is 2. The quantitative estimate of drug-likeness (QED) is 0.715. The molecule has 3 rings (SSSR count). The van der Waals surface area contributed by atoms with Crippen molar-refractivity contribution >= 4 is 51.2 Å². The van der Waals surface area contributed by atoms with Crippen molar-refractivity contribution in [3.63, 3.8) is 0 Å². The average molecular weight is 420 g/mol. The van der Waals surface area contributed by atoms with E-state index in [1.807, 2.05) is 0 Å². The summed E-state index contributed by atoms with van der Waals surface area (Å²) in [5.74, 6) is 0.721. The number of amides is 1. The lowest BCUT2D eigenvalue weighted by atomic mass is 9.89. The van der Waals surface area contributed by atoms with Crippen molar-refractivity contribution in [2.75, 3.05) is 12.4 Å². The number of anilines is 1. The molecule has 0 saturated heterocycles. The number of halogens is 1. The number of hydrogen-bond donors (Lipinski definition) is 2. The standard InChI is InChI=1S/C19H18ClN3O2S2/c1-10-3-5-12-13(9-21)18(27-16(12)7-10)23-19(26)22-17(24)11-4-6-15(25-2)14(20)8-11/h4,6,8,10H,3,5,7H2,1-2H3,(H2,22,23,24,26). The Labute approximate surface area is 172 Å². The summed E-state index contributed by atoms with van der Waals surface area (Å²) in [5, 5.41) is 16.4. The number of nitriles is 1. The molecule has 1 aliphatic rings. The van der Waals surface area contributed by atoms with Crippen molar-refractivity contribution in [1.29, 1.82) is 5.26 Å². The fourth-order valence-electron chi connectivity index (χ4n) is 3.07. The number of carbonyl (C=O) groups excluding carboxylic acids is 1. The van der Waals surface area contributed by atoms with Crippen molar-refractivity contribution in [1.82, 2.24) is 5.32 Å². The molecule has 1 aromatic carbocycles. The molecule has 1 amide bonds. The van der Waals surface area contributed by atoms with Gasteiger partial charge < -0.3 is 10.1 Å². The third-order valence-electron chi connectivity index (χ3n) is 4.49. The van der Waals surface area contributed by atoms with Gasteiger partial charge in [0, 0.05) is 10.4 Å². The number of fused-ring (bicyclic) bond motifs is 1. The monoisotopic (exact) mass is 419 g/mol. The van der Waals surface area contributed by atoms with Crippen LogP contribution in [0.5, 0.6) is 5.75 Å². The van der Waals surface area contributed by atoms with Crippen LogP contribution in [-0.4, -0.2) is 18.1 Å². The molecule has 0 fully saturated rings. The zero-order valence-corrected chi connectivity index (χ0v) is 17.3. The largest absolute Gasteiger partial charge is 0.495 e. The molecule has 5 nitrogen and oxygen atoms in total. The fraction of sp³-hybridized carbons (Fsp3) is 0.316. The summed E-state index contributed by atoms with van der Waals surface area (Å²) in [6.45, 7) is 2.21. The lowest BCUT2D eigenvalue weighted by molar-refractivity contribution is 0.0977. The van der Waals surface area contributed by atoms with Gasteiger partial charge >= 0.3 is 0 Å². The number of carbonyl (C=O) groups is 1. The van der Waals surface area contributed by atoms with E-state index in [0.29, 0.717) is 32.8 Å². The first-order valence-corrected chi connectivity index (χ1v) is 10.0. The second-order valence-corrected chi connectivity index (χ2v) is 8.35. The summed E-state index contributed by atoms with van der Waals surface area (Å²) in [4.78, 5) is 13.6. The van der Waals surface area contributed by atoms with Crippen LogP contribution in [0.2, 0.25) is 5.02 Å². The zero-order chi connectivity index (χ0) is 19.6. The lowest BCUT2D eigenvalue weighted by Gasteiger charge is -2.17. The number of thiophene rings is 1. The Balaban J connectivity index is 1.72. The fourth-order valence-corrected chi connectivity index (χ4v) is 4.96. The molecule has 1 heterocycles. The maximum atomic E-state index is 12.4. The predicted octanol–water partition coefficient (Wildman–Crippen LogP) is 4.53. The van der Waals surface area contributed by atoms with Gasteiger partial charge in [-0.05, 0) is 61.2 Å². The van der Waals surface area contributed by atoms with E-state index in [1.54, 1.807) is 12.1 Å². The SMILES string of the molecule is COc1ccc(C(=O)NC(=S)Nc2sc3c(c2C#N)CCC(C)C3)cc1Cl. The highest BCUT2D eigenvalue weighted by Gasteiger charge is 2.24. The summed E-state index contributed by atoms with van der Waals surface area (Å²) in [6, 6.07) is 7.02. The number of methoxy groups -OCH3 is 1. The number of nitrogens with zero attached hydrogens (tertiary/aromatic N) is 1. The molecule has 8 heteroatoms. The Kier molecular flexibility index (Phi) is 6.00. The summed E-state index contributed by atoms with van der Waals surface area (Å²) >= 11 is 12.9. The second kappa shape index (κ2) is 8.26. The number of ether oxygens (including phenoxy) is 1. The molecule has 0 bridgehead atoms. The van der Waals surface area contributed by atoms with E-state index in [9.17, 15) is 10.1 Å². The first-order valence-electron chi connectivity index (χ1n) is 8.43. The van der Waals surface area contributed by atoms with E-state index >= 15 is 0 Å². The maximum absolute atomic E-state index is 12.4. The van der Waals surface area contributed by atoms with Crippen LogP contribution in [0.1, 0.15) is 39.7 Å². The van der Waals surface area contributed by atoms with E-state index in [1.165, 1.54) is 29.4 Å². The maximum Gasteiger partial charge on any atom is 0.257 e. The van der Waals surface area contributed by atoms with Gasteiger partial charge in [-0.3, -0.25) is 10.1 Å². The van der Waals surface area contributed by atoms with Gasteiger partial charge in [-0.1, -0.05) is 18.5 Å². The molecule has 140 valence electrons. The summed E-state index contributed by atoms with van der Waals surface area (Å²) in [5.41, 5.74) is 2.11. The van der Waals surface area contributed by atoms with Crippen LogP contribution in [0.15, 0.2) is 18.2 Å². The third kappa shape index (κ3) is 4.24. The number of thiocarbonyl (C=S) groups is 1. The van der Waals surface area contributed by atoms with E-state index in [-0.39, 0.29) is 11.0 Å². The van der Waals surface area contributed by atoms with E-state index in [0.717, 1.165) is 24.8 Å². The van der Waals surface area contributed by atoms with Gasteiger partial charge in [0.15, 0.2) is 5.11 Å². The van der Waals surface area contributed by atoms with Crippen LogP contribution in [0, 0.1) is 17.2 Å². The summed E-state index contributed by atoms with van der Waals surface area (Å²) in [7, 11) is 1.51. The minimum absolute atomic E-state index is 0.148. The van der Waals surface area contributed by atoms with Gasteiger partial charge in [-0.25, -0.2) is 0 Å². The van der Waals surface area contributed by atoms with Gasteiger partial charge in [0.2, 0.25) is 0 Å². The molecule has 0 aliphatic heterocycles. The zero-order valence-electron chi connectivity index (χ0n) is 14.9. The Morgan fingerprint density at radius 3 is 2.93 bits per heavy atom. The topological polar surface area (TPSA) is 74.2 Å². The third-order valence-corrected chi connectivity index (χ3v) is 6.16. The lowest BCUT2D eigenvalue weighted by Crippen LogP contribution is -2.34. The molecule has 0 radical (unpaired) electrons.